The average molecular weight is 410 g/mol. The molecule has 0 aliphatic carbocycles. The molecular weight excluding hydrogens is 389 g/mol. The molecule has 3 atom stereocenters. The number of ether oxygens (including phenoxy) is 1. The number of aliphatic hydroxyl groups is 1. The molecule has 27 heavy (non-hydrogen) atoms. The number of hydrogen-bond donors (Lipinski definition) is 4. The molecule has 1 heterocycles. The molecule has 2 aromatic carbocycles. The number of hydrazine groups is 1. The Balaban J connectivity index is 1.42. The fourth-order valence-corrected chi connectivity index (χ4v) is 3.16. The van der Waals surface area contributed by atoms with Gasteiger partial charge in [0.05, 0.1) is 5.02 Å². The van der Waals surface area contributed by atoms with E-state index < -0.39 is 6.10 Å². The second kappa shape index (κ2) is 9.39. The predicted molar refractivity (Wildman–Crippen MR) is 105 cm³/mol. The van der Waals surface area contributed by atoms with Crippen molar-refractivity contribution < 1.29 is 14.6 Å². The van der Waals surface area contributed by atoms with E-state index in [1.54, 1.807) is 18.2 Å². The zero-order chi connectivity index (χ0) is 19.2. The molecule has 0 bridgehead atoms. The van der Waals surface area contributed by atoms with Crippen LogP contribution in [-0.4, -0.2) is 36.3 Å². The zero-order valence-corrected chi connectivity index (χ0v) is 16.0. The molecule has 0 radical (unpaired) electrons. The highest BCUT2D eigenvalue weighted by Gasteiger charge is 2.30. The Labute approximate surface area is 167 Å². The van der Waals surface area contributed by atoms with Gasteiger partial charge in [-0.25, -0.2) is 10.9 Å². The van der Waals surface area contributed by atoms with Crippen LogP contribution in [0.15, 0.2) is 48.5 Å². The van der Waals surface area contributed by atoms with Gasteiger partial charge < -0.3 is 15.2 Å². The van der Waals surface area contributed by atoms with Crippen molar-refractivity contribution in [3.05, 3.63) is 64.1 Å². The van der Waals surface area contributed by atoms with E-state index >= 15 is 0 Å². The monoisotopic (exact) mass is 409 g/mol. The molecule has 3 rings (SSSR count). The second-order valence-corrected chi connectivity index (χ2v) is 7.09. The van der Waals surface area contributed by atoms with E-state index in [1.165, 1.54) is 0 Å². The van der Waals surface area contributed by atoms with E-state index in [-0.39, 0.29) is 31.1 Å². The highest BCUT2D eigenvalue weighted by atomic mass is 35.5. The number of hydrogen-bond acceptors (Lipinski definition) is 5. The van der Waals surface area contributed by atoms with E-state index in [0.29, 0.717) is 22.2 Å². The largest absolute Gasteiger partial charge is 0.489 e. The molecule has 8 heteroatoms. The highest BCUT2D eigenvalue weighted by Crippen LogP contribution is 2.31. The molecule has 1 fully saturated rings. The third kappa shape index (κ3) is 5.34. The summed E-state index contributed by atoms with van der Waals surface area (Å²) < 4.78 is 5.47. The average Bonchev–Trinajstić information content (AvgIpc) is 3.18. The van der Waals surface area contributed by atoms with Crippen molar-refractivity contribution in [1.29, 1.82) is 0 Å². The molecular formula is C19H21Cl2N3O3. The van der Waals surface area contributed by atoms with Crippen LogP contribution in [0.1, 0.15) is 18.0 Å². The van der Waals surface area contributed by atoms with Crippen LogP contribution in [0.2, 0.25) is 10.0 Å². The van der Waals surface area contributed by atoms with Gasteiger partial charge in [-0.3, -0.25) is 4.79 Å². The van der Waals surface area contributed by atoms with Crippen LogP contribution in [-0.2, 0) is 4.79 Å². The first kappa shape index (κ1) is 19.9. The van der Waals surface area contributed by atoms with Crippen molar-refractivity contribution in [2.45, 2.75) is 24.6 Å². The minimum Gasteiger partial charge on any atom is -0.489 e. The molecule has 1 amide bonds. The third-order valence-corrected chi connectivity index (χ3v) is 5.08. The maximum Gasteiger partial charge on any atom is 0.238 e. The number of carbonyl (C=O) groups is 1. The quantitative estimate of drug-likeness (QED) is 0.564. The topological polar surface area (TPSA) is 82.6 Å². The normalized spacial score (nSPS) is 20.3. The van der Waals surface area contributed by atoms with Gasteiger partial charge in [-0.1, -0.05) is 59.6 Å². The summed E-state index contributed by atoms with van der Waals surface area (Å²) in [5.74, 6) is 0.211. The maximum absolute atomic E-state index is 12.3. The van der Waals surface area contributed by atoms with Gasteiger partial charge in [0.25, 0.3) is 0 Å². The second-order valence-electron chi connectivity index (χ2n) is 6.30. The Hall–Kier alpha value is -1.83. The summed E-state index contributed by atoms with van der Waals surface area (Å²) in [6, 6.07) is 14.6. The number of carbonyl (C=O) groups excluding carboxylic acids is 1. The Morgan fingerprint density at radius 3 is 2.74 bits per heavy atom. The SMILES string of the molecule is O=C(NCC(O)COc1cccc(Cl)c1Cl)C1CC(c2ccccc2)NN1. The molecule has 144 valence electrons. The van der Waals surface area contributed by atoms with Crippen LogP contribution in [0.4, 0.5) is 0 Å². The van der Waals surface area contributed by atoms with Gasteiger partial charge in [-0.15, -0.1) is 0 Å². The first-order valence-electron chi connectivity index (χ1n) is 8.63. The number of nitrogens with one attached hydrogen (secondary N) is 3. The summed E-state index contributed by atoms with van der Waals surface area (Å²) in [5, 5.41) is 13.4. The summed E-state index contributed by atoms with van der Waals surface area (Å²) in [6.07, 6.45) is -0.246. The first-order chi connectivity index (χ1) is 13.0. The van der Waals surface area contributed by atoms with Crippen LogP contribution in [0.25, 0.3) is 0 Å². The van der Waals surface area contributed by atoms with Gasteiger partial charge in [-0.2, -0.15) is 0 Å². The fraction of sp³-hybridized carbons (Fsp3) is 0.316. The molecule has 4 N–H and O–H groups in total. The number of amides is 1. The number of benzene rings is 2. The van der Waals surface area contributed by atoms with Crippen LogP contribution >= 0.6 is 23.2 Å². The predicted octanol–water partition coefficient (Wildman–Crippen LogP) is 2.46. The van der Waals surface area contributed by atoms with Crippen molar-refractivity contribution in [1.82, 2.24) is 16.2 Å². The lowest BCUT2D eigenvalue weighted by atomic mass is 10.0. The van der Waals surface area contributed by atoms with Crippen LogP contribution < -0.4 is 20.9 Å². The first-order valence-corrected chi connectivity index (χ1v) is 9.38. The number of rotatable bonds is 7. The van der Waals surface area contributed by atoms with Crippen LogP contribution in [0.5, 0.6) is 5.75 Å². The molecule has 2 aromatic rings. The molecule has 3 unspecified atom stereocenters. The van der Waals surface area contributed by atoms with Crippen LogP contribution in [0.3, 0.4) is 0 Å². The minimum absolute atomic E-state index is 0.0106. The molecule has 1 saturated heterocycles. The van der Waals surface area contributed by atoms with Crippen molar-refractivity contribution in [2.24, 2.45) is 0 Å². The summed E-state index contributed by atoms with van der Waals surface area (Å²) in [6.45, 7) is 0.0640. The molecule has 1 aliphatic rings. The van der Waals surface area contributed by atoms with Gasteiger partial charge in [0.15, 0.2) is 0 Å². The fourth-order valence-electron chi connectivity index (χ4n) is 2.81. The minimum atomic E-state index is -0.872. The Bertz CT molecular complexity index is 776. The van der Waals surface area contributed by atoms with Crippen molar-refractivity contribution in [3.8, 4) is 5.75 Å². The third-order valence-electron chi connectivity index (χ3n) is 4.28. The summed E-state index contributed by atoms with van der Waals surface area (Å²) in [5.41, 5.74) is 7.24. The van der Waals surface area contributed by atoms with Gasteiger partial charge in [0, 0.05) is 12.6 Å². The highest BCUT2D eigenvalue weighted by molar-refractivity contribution is 6.42. The molecule has 6 nitrogen and oxygen atoms in total. The number of halogens is 2. The van der Waals surface area contributed by atoms with Crippen LogP contribution in [0, 0.1) is 0 Å². The standard InChI is InChI=1S/C19H21Cl2N3O3/c20-14-7-4-8-17(18(14)21)27-11-13(25)10-22-19(26)16-9-15(23-24-16)12-5-2-1-3-6-12/h1-8,13,15-16,23-25H,9-11H2,(H,22,26). The van der Waals surface area contributed by atoms with E-state index in [4.69, 9.17) is 27.9 Å². The van der Waals surface area contributed by atoms with Gasteiger partial charge in [0.1, 0.15) is 29.5 Å². The summed E-state index contributed by atoms with van der Waals surface area (Å²) in [4.78, 5) is 12.3. The van der Waals surface area contributed by atoms with E-state index in [9.17, 15) is 9.90 Å². The van der Waals surface area contributed by atoms with Crippen molar-refractivity contribution in [2.75, 3.05) is 13.2 Å². The van der Waals surface area contributed by atoms with Gasteiger partial charge in [0.2, 0.25) is 5.91 Å². The van der Waals surface area contributed by atoms with Crippen molar-refractivity contribution in [3.63, 3.8) is 0 Å². The van der Waals surface area contributed by atoms with E-state index in [1.807, 2.05) is 30.3 Å². The number of aliphatic hydroxyl groups excluding tert-OH is 1. The lowest BCUT2D eigenvalue weighted by Crippen LogP contribution is -2.46. The summed E-state index contributed by atoms with van der Waals surface area (Å²) in [7, 11) is 0. The smallest absolute Gasteiger partial charge is 0.238 e. The van der Waals surface area contributed by atoms with Gasteiger partial charge in [-0.05, 0) is 24.1 Å². The van der Waals surface area contributed by atoms with Crippen molar-refractivity contribution >= 4 is 29.1 Å². The summed E-state index contributed by atoms with van der Waals surface area (Å²) >= 11 is 11.9. The molecule has 0 saturated carbocycles. The molecule has 1 aliphatic heterocycles. The van der Waals surface area contributed by atoms with E-state index in [2.05, 4.69) is 16.2 Å². The molecule has 0 aromatic heterocycles. The Morgan fingerprint density at radius 2 is 1.96 bits per heavy atom. The molecule has 0 spiro atoms. The zero-order valence-electron chi connectivity index (χ0n) is 14.5. The van der Waals surface area contributed by atoms with Gasteiger partial charge >= 0.3 is 0 Å². The Morgan fingerprint density at radius 1 is 1.19 bits per heavy atom. The lowest BCUT2D eigenvalue weighted by Gasteiger charge is -2.16. The Kier molecular flexibility index (Phi) is 6.93. The lowest BCUT2D eigenvalue weighted by molar-refractivity contribution is -0.123. The van der Waals surface area contributed by atoms with E-state index in [0.717, 1.165) is 5.56 Å². The maximum atomic E-state index is 12.3.